The first kappa shape index (κ1) is 12.9. The van der Waals surface area contributed by atoms with Crippen molar-refractivity contribution in [2.75, 3.05) is 44.2 Å². The van der Waals surface area contributed by atoms with Crippen LogP contribution in [0.4, 0.5) is 5.69 Å². The second-order valence-electron chi connectivity index (χ2n) is 5.11. The standard InChI is InChI=1S/C12H18ClN5O/c1-16-12(19)11(13)10(8-15-16)18-4-2-17(3-5-18)9-6-14-7-9/h8-9,14H,2-7H2,1H3. The van der Waals surface area contributed by atoms with Crippen LogP contribution in [0.5, 0.6) is 0 Å². The Morgan fingerprint density at radius 1 is 1.32 bits per heavy atom. The van der Waals surface area contributed by atoms with Gasteiger partial charge in [0.1, 0.15) is 5.02 Å². The van der Waals surface area contributed by atoms with Crippen molar-refractivity contribution in [1.29, 1.82) is 0 Å². The molecule has 0 radical (unpaired) electrons. The van der Waals surface area contributed by atoms with Crippen LogP contribution in [0.1, 0.15) is 0 Å². The summed E-state index contributed by atoms with van der Waals surface area (Å²) in [7, 11) is 1.61. The summed E-state index contributed by atoms with van der Waals surface area (Å²) in [5.41, 5.74) is 0.529. The van der Waals surface area contributed by atoms with E-state index in [1.165, 1.54) is 4.68 Å². The average Bonchev–Trinajstić information content (AvgIpc) is 2.36. The molecule has 0 saturated carbocycles. The van der Waals surface area contributed by atoms with Gasteiger partial charge in [0.15, 0.2) is 0 Å². The highest BCUT2D eigenvalue weighted by Crippen LogP contribution is 2.22. The minimum atomic E-state index is -0.232. The summed E-state index contributed by atoms with van der Waals surface area (Å²) < 4.78 is 1.27. The summed E-state index contributed by atoms with van der Waals surface area (Å²) in [6.07, 6.45) is 1.68. The Morgan fingerprint density at radius 3 is 2.58 bits per heavy atom. The molecule has 2 saturated heterocycles. The molecule has 7 heteroatoms. The smallest absolute Gasteiger partial charge is 0.287 e. The monoisotopic (exact) mass is 283 g/mol. The van der Waals surface area contributed by atoms with E-state index in [1.807, 2.05) is 0 Å². The van der Waals surface area contributed by atoms with E-state index in [9.17, 15) is 4.79 Å². The number of aryl methyl sites for hydroxylation is 1. The van der Waals surface area contributed by atoms with Gasteiger partial charge in [0.25, 0.3) is 5.56 Å². The van der Waals surface area contributed by atoms with Gasteiger partial charge in [0.2, 0.25) is 0 Å². The maximum atomic E-state index is 11.8. The molecule has 0 amide bonds. The van der Waals surface area contributed by atoms with Crippen molar-refractivity contribution in [3.8, 4) is 0 Å². The zero-order valence-corrected chi connectivity index (χ0v) is 11.7. The fraction of sp³-hybridized carbons (Fsp3) is 0.667. The molecule has 0 aliphatic carbocycles. The lowest BCUT2D eigenvalue weighted by atomic mass is 10.1. The minimum absolute atomic E-state index is 0.232. The van der Waals surface area contributed by atoms with Crippen LogP contribution in [0.15, 0.2) is 11.0 Å². The molecule has 1 aromatic rings. The van der Waals surface area contributed by atoms with Crippen molar-refractivity contribution in [2.24, 2.45) is 7.05 Å². The first-order valence-electron chi connectivity index (χ1n) is 6.58. The second-order valence-corrected chi connectivity index (χ2v) is 5.49. The summed E-state index contributed by atoms with van der Waals surface area (Å²) in [5.74, 6) is 0. The lowest BCUT2D eigenvalue weighted by molar-refractivity contribution is 0.138. The van der Waals surface area contributed by atoms with Crippen LogP contribution in [-0.4, -0.2) is 60.0 Å². The Morgan fingerprint density at radius 2 is 2.00 bits per heavy atom. The van der Waals surface area contributed by atoms with Gasteiger partial charge in [-0.2, -0.15) is 5.10 Å². The Bertz CT molecular complexity index is 519. The van der Waals surface area contributed by atoms with E-state index >= 15 is 0 Å². The van der Waals surface area contributed by atoms with Gasteiger partial charge in [-0.15, -0.1) is 0 Å². The Hall–Kier alpha value is -1.11. The lowest BCUT2D eigenvalue weighted by Crippen LogP contribution is -2.61. The molecule has 1 N–H and O–H groups in total. The van der Waals surface area contributed by atoms with Crippen molar-refractivity contribution in [3.05, 3.63) is 21.6 Å². The average molecular weight is 284 g/mol. The number of nitrogens with one attached hydrogen (secondary N) is 1. The van der Waals surface area contributed by atoms with Crippen LogP contribution in [0.2, 0.25) is 5.02 Å². The van der Waals surface area contributed by atoms with E-state index in [0.717, 1.165) is 45.0 Å². The molecule has 2 aliphatic rings. The van der Waals surface area contributed by atoms with Gasteiger partial charge in [-0.05, 0) is 0 Å². The normalized spacial score (nSPS) is 21.5. The van der Waals surface area contributed by atoms with Gasteiger partial charge >= 0.3 is 0 Å². The number of aromatic nitrogens is 2. The van der Waals surface area contributed by atoms with Crippen molar-refractivity contribution in [1.82, 2.24) is 20.0 Å². The van der Waals surface area contributed by atoms with Gasteiger partial charge in [-0.25, -0.2) is 4.68 Å². The topological polar surface area (TPSA) is 53.4 Å². The maximum Gasteiger partial charge on any atom is 0.287 e. The molecule has 19 heavy (non-hydrogen) atoms. The molecule has 0 atom stereocenters. The number of nitrogens with zero attached hydrogens (tertiary/aromatic N) is 4. The maximum absolute atomic E-state index is 11.8. The molecule has 2 fully saturated rings. The first-order chi connectivity index (χ1) is 9.16. The third-order valence-electron chi connectivity index (χ3n) is 3.99. The highest BCUT2D eigenvalue weighted by atomic mass is 35.5. The molecule has 1 aromatic heterocycles. The third kappa shape index (κ3) is 2.35. The first-order valence-corrected chi connectivity index (χ1v) is 6.96. The molecule has 0 aromatic carbocycles. The fourth-order valence-corrected chi connectivity index (χ4v) is 2.87. The Labute approximate surface area is 116 Å². The van der Waals surface area contributed by atoms with Crippen LogP contribution in [0.25, 0.3) is 0 Å². The third-order valence-corrected chi connectivity index (χ3v) is 4.35. The minimum Gasteiger partial charge on any atom is -0.366 e. The largest absolute Gasteiger partial charge is 0.366 e. The van der Waals surface area contributed by atoms with E-state index < -0.39 is 0 Å². The Balaban J connectivity index is 1.71. The predicted molar refractivity (Wildman–Crippen MR) is 74.9 cm³/mol. The number of hydrogen-bond acceptors (Lipinski definition) is 5. The number of hydrogen-bond donors (Lipinski definition) is 1. The molecule has 2 aliphatic heterocycles. The molecule has 3 heterocycles. The summed E-state index contributed by atoms with van der Waals surface area (Å²) in [6.45, 7) is 5.99. The molecule has 0 unspecified atom stereocenters. The zero-order chi connectivity index (χ0) is 13.4. The van der Waals surface area contributed by atoms with Crippen molar-refractivity contribution in [3.63, 3.8) is 0 Å². The Kier molecular flexibility index (Phi) is 3.47. The van der Waals surface area contributed by atoms with Crippen molar-refractivity contribution in [2.45, 2.75) is 6.04 Å². The van der Waals surface area contributed by atoms with E-state index in [0.29, 0.717) is 6.04 Å². The molecule has 3 rings (SSSR count). The van der Waals surface area contributed by atoms with Gasteiger partial charge in [-0.1, -0.05) is 11.6 Å². The zero-order valence-electron chi connectivity index (χ0n) is 11.0. The van der Waals surface area contributed by atoms with Gasteiger partial charge in [0.05, 0.1) is 11.9 Å². The van der Waals surface area contributed by atoms with Crippen LogP contribution < -0.4 is 15.8 Å². The van der Waals surface area contributed by atoms with Crippen molar-refractivity contribution < 1.29 is 0 Å². The number of halogens is 1. The highest BCUT2D eigenvalue weighted by molar-refractivity contribution is 6.33. The molecule has 104 valence electrons. The van der Waals surface area contributed by atoms with Crippen LogP contribution in [-0.2, 0) is 7.05 Å². The fourth-order valence-electron chi connectivity index (χ4n) is 2.58. The summed E-state index contributed by atoms with van der Waals surface area (Å²) >= 11 is 6.13. The van der Waals surface area contributed by atoms with Gasteiger partial charge < -0.3 is 10.2 Å². The van der Waals surface area contributed by atoms with Gasteiger partial charge in [0, 0.05) is 52.4 Å². The van der Waals surface area contributed by atoms with E-state index in [2.05, 4.69) is 20.2 Å². The van der Waals surface area contributed by atoms with Crippen molar-refractivity contribution >= 4 is 17.3 Å². The highest BCUT2D eigenvalue weighted by Gasteiger charge is 2.28. The number of anilines is 1. The molecule has 0 spiro atoms. The molecule has 0 bridgehead atoms. The molecule has 6 nitrogen and oxygen atoms in total. The summed E-state index contributed by atoms with van der Waals surface area (Å²) in [5, 5.41) is 7.62. The summed E-state index contributed by atoms with van der Waals surface area (Å²) in [6, 6.07) is 0.680. The quantitative estimate of drug-likeness (QED) is 0.795. The predicted octanol–water partition coefficient (Wildman–Crippen LogP) is -0.472. The van der Waals surface area contributed by atoms with E-state index in [-0.39, 0.29) is 10.6 Å². The molecular weight excluding hydrogens is 266 g/mol. The van der Waals surface area contributed by atoms with Crippen LogP contribution in [0.3, 0.4) is 0 Å². The van der Waals surface area contributed by atoms with E-state index in [4.69, 9.17) is 11.6 Å². The van der Waals surface area contributed by atoms with Crippen LogP contribution >= 0.6 is 11.6 Å². The van der Waals surface area contributed by atoms with E-state index in [1.54, 1.807) is 13.2 Å². The molecular formula is C12H18ClN5O. The number of rotatable bonds is 2. The van der Waals surface area contributed by atoms with Gasteiger partial charge in [-0.3, -0.25) is 9.69 Å². The second kappa shape index (κ2) is 5.11. The van der Waals surface area contributed by atoms with Crippen LogP contribution in [0, 0.1) is 0 Å². The lowest BCUT2D eigenvalue weighted by Gasteiger charge is -2.43. The summed E-state index contributed by atoms with van der Waals surface area (Å²) in [4.78, 5) is 16.4. The number of piperazine rings is 1. The SMILES string of the molecule is Cn1ncc(N2CCN(C3CNC3)CC2)c(Cl)c1=O.